The molecule has 0 N–H and O–H groups in total. The number of benzene rings is 2. The summed E-state index contributed by atoms with van der Waals surface area (Å²) in [7, 11) is 1.63. The van der Waals surface area contributed by atoms with Gasteiger partial charge in [-0.05, 0) is 30.2 Å². The molecule has 0 aliphatic heterocycles. The van der Waals surface area contributed by atoms with Gasteiger partial charge >= 0.3 is 0 Å². The number of rotatable bonds is 5. The number of amides is 1. The predicted octanol–water partition coefficient (Wildman–Crippen LogP) is 4.04. The molecule has 1 unspecified atom stereocenters. The summed E-state index contributed by atoms with van der Waals surface area (Å²) in [6.07, 6.45) is 3.20. The second kappa shape index (κ2) is 7.47. The third-order valence-corrected chi connectivity index (χ3v) is 4.39. The molecule has 1 aromatic heterocycles. The lowest BCUT2D eigenvalue weighted by atomic mass is 10.1. The van der Waals surface area contributed by atoms with E-state index in [4.69, 9.17) is 0 Å². The van der Waals surface area contributed by atoms with E-state index in [9.17, 15) is 13.6 Å². The summed E-state index contributed by atoms with van der Waals surface area (Å²) in [5.74, 6) is -2.07. The van der Waals surface area contributed by atoms with Crippen molar-refractivity contribution in [3.8, 4) is 0 Å². The third-order valence-electron chi connectivity index (χ3n) is 4.39. The summed E-state index contributed by atoms with van der Waals surface area (Å²) >= 11 is 0. The van der Waals surface area contributed by atoms with E-state index in [-0.39, 0.29) is 5.91 Å². The molecule has 3 rings (SSSR count). The summed E-state index contributed by atoms with van der Waals surface area (Å²) in [4.78, 5) is 14.2. The van der Waals surface area contributed by atoms with E-state index >= 15 is 0 Å². The normalized spacial score (nSPS) is 12.0. The van der Waals surface area contributed by atoms with Crippen LogP contribution < -0.4 is 0 Å². The zero-order valence-corrected chi connectivity index (χ0v) is 14.6. The Hall–Kier alpha value is -3.02. The molecule has 1 atom stereocenters. The Morgan fingerprint density at radius 3 is 2.58 bits per heavy atom. The summed E-state index contributed by atoms with van der Waals surface area (Å²) in [6.45, 7) is 2.33. The second-order valence-electron chi connectivity index (χ2n) is 6.18. The molecule has 0 saturated heterocycles. The molecule has 1 heterocycles. The van der Waals surface area contributed by atoms with Gasteiger partial charge in [-0.1, -0.05) is 36.4 Å². The highest BCUT2D eigenvalue weighted by molar-refractivity contribution is 5.93. The number of carbonyl (C=O) groups is 1. The molecular formula is C20H19F2N3O. The van der Waals surface area contributed by atoms with Crippen LogP contribution in [-0.4, -0.2) is 27.6 Å². The van der Waals surface area contributed by atoms with Gasteiger partial charge in [0.25, 0.3) is 5.91 Å². The Balaban J connectivity index is 1.73. The van der Waals surface area contributed by atoms with Crippen LogP contribution in [0, 0.1) is 11.6 Å². The number of nitrogens with zero attached hydrogens (tertiary/aromatic N) is 3. The van der Waals surface area contributed by atoms with Crippen LogP contribution in [0.4, 0.5) is 8.78 Å². The smallest absolute Gasteiger partial charge is 0.257 e. The maximum absolute atomic E-state index is 13.4. The molecule has 26 heavy (non-hydrogen) atoms. The summed E-state index contributed by atoms with van der Waals surface area (Å²) < 4.78 is 28.2. The highest BCUT2D eigenvalue weighted by atomic mass is 19.2. The van der Waals surface area contributed by atoms with Gasteiger partial charge in [0.2, 0.25) is 0 Å². The van der Waals surface area contributed by atoms with Crippen molar-refractivity contribution >= 4 is 5.91 Å². The topological polar surface area (TPSA) is 38.1 Å². The Labute approximate surface area is 150 Å². The monoisotopic (exact) mass is 355 g/mol. The molecule has 2 aromatic carbocycles. The van der Waals surface area contributed by atoms with Crippen molar-refractivity contribution in [1.29, 1.82) is 0 Å². The predicted molar refractivity (Wildman–Crippen MR) is 94.6 cm³/mol. The summed E-state index contributed by atoms with van der Waals surface area (Å²) in [5, 5.41) is 4.23. The molecule has 4 nitrogen and oxygen atoms in total. The van der Waals surface area contributed by atoms with Gasteiger partial charge in [-0.2, -0.15) is 5.10 Å². The van der Waals surface area contributed by atoms with E-state index in [1.54, 1.807) is 24.9 Å². The van der Waals surface area contributed by atoms with Gasteiger partial charge in [-0.25, -0.2) is 8.78 Å². The fraction of sp³-hybridized carbons (Fsp3) is 0.200. The molecule has 0 bridgehead atoms. The van der Waals surface area contributed by atoms with Gasteiger partial charge in [0, 0.05) is 13.2 Å². The first-order valence-electron chi connectivity index (χ1n) is 8.24. The molecule has 0 saturated carbocycles. The van der Waals surface area contributed by atoms with Gasteiger partial charge in [0.1, 0.15) is 0 Å². The SMILES string of the molecule is CC(c1ccc(F)c(F)c1)N(C)C(=O)c1cnn(Cc2ccccc2)c1. The first kappa shape index (κ1) is 17.8. The minimum absolute atomic E-state index is 0.235. The van der Waals surface area contributed by atoms with Crippen LogP contribution in [0.1, 0.15) is 34.5 Å². The molecule has 6 heteroatoms. The van der Waals surface area contributed by atoms with E-state index in [1.807, 2.05) is 30.3 Å². The van der Waals surface area contributed by atoms with Crippen LogP contribution in [0.5, 0.6) is 0 Å². The van der Waals surface area contributed by atoms with E-state index in [0.29, 0.717) is 17.7 Å². The fourth-order valence-electron chi connectivity index (χ4n) is 2.71. The number of hydrogen-bond donors (Lipinski definition) is 0. The van der Waals surface area contributed by atoms with Crippen molar-refractivity contribution in [3.63, 3.8) is 0 Å². The van der Waals surface area contributed by atoms with E-state index in [1.165, 1.54) is 17.2 Å². The van der Waals surface area contributed by atoms with Crippen molar-refractivity contribution in [2.24, 2.45) is 0 Å². The second-order valence-corrected chi connectivity index (χ2v) is 6.18. The number of aromatic nitrogens is 2. The van der Waals surface area contributed by atoms with Crippen LogP contribution in [-0.2, 0) is 6.54 Å². The largest absolute Gasteiger partial charge is 0.335 e. The molecular weight excluding hydrogens is 336 g/mol. The first-order valence-corrected chi connectivity index (χ1v) is 8.24. The maximum atomic E-state index is 13.4. The Morgan fingerprint density at radius 2 is 1.88 bits per heavy atom. The molecule has 0 radical (unpaired) electrons. The van der Waals surface area contributed by atoms with Crippen LogP contribution in [0.3, 0.4) is 0 Å². The average Bonchev–Trinajstić information content (AvgIpc) is 3.11. The quantitative estimate of drug-likeness (QED) is 0.693. The van der Waals surface area contributed by atoms with E-state index < -0.39 is 17.7 Å². The van der Waals surface area contributed by atoms with Crippen molar-refractivity contribution in [1.82, 2.24) is 14.7 Å². The third kappa shape index (κ3) is 3.79. The lowest BCUT2D eigenvalue weighted by Crippen LogP contribution is -2.29. The lowest BCUT2D eigenvalue weighted by Gasteiger charge is -2.25. The number of halogens is 2. The summed E-state index contributed by atoms with van der Waals surface area (Å²) in [5.41, 5.74) is 2.05. The van der Waals surface area contributed by atoms with Gasteiger partial charge < -0.3 is 4.90 Å². The standard InChI is InChI=1S/C20H19F2N3O/c1-14(16-8-9-18(21)19(22)10-16)24(2)20(26)17-11-23-25(13-17)12-15-6-4-3-5-7-15/h3-11,13-14H,12H2,1-2H3. The molecule has 134 valence electrons. The fourth-order valence-corrected chi connectivity index (χ4v) is 2.71. The van der Waals surface area contributed by atoms with Crippen LogP contribution in [0.2, 0.25) is 0 Å². The van der Waals surface area contributed by atoms with E-state index in [0.717, 1.165) is 17.7 Å². The molecule has 1 amide bonds. The highest BCUT2D eigenvalue weighted by Gasteiger charge is 2.21. The molecule has 0 spiro atoms. The molecule has 3 aromatic rings. The molecule has 0 aliphatic rings. The van der Waals surface area contributed by atoms with Crippen LogP contribution in [0.25, 0.3) is 0 Å². The van der Waals surface area contributed by atoms with Gasteiger partial charge in [-0.15, -0.1) is 0 Å². The number of hydrogen-bond acceptors (Lipinski definition) is 2. The van der Waals surface area contributed by atoms with Crippen molar-refractivity contribution < 1.29 is 13.6 Å². The van der Waals surface area contributed by atoms with E-state index in [2.05, 4.69) is 5.10 Å². The Bertz CT molecular complexity index is 908. The average molecular weight is 355 g/mol. The maximum Gasteiger partial charge on any atom is 0.257 e. The van der Waals surface area contributed by atoms with Gasteiger partial charge in [0.05, 0.1) is 24.3 Å². The molecule has 0 aliphatic carbocycles. The number of carbonyl (C=O) groups excluding carboxylic acids is 1. The van der Waals surface area contributed by atoms with Crippen LogP contribution in [0.15, 0.2) is 60.9 Å². The zero-order valence-electron chi connectivity index (χ0n) is 14.6. The van der Waals surface area contributed by atoms with Crippen molar-refractivity contribution in [2.45, 2.75) is 19.5 Å². The lowest BCUT2D eigenvalue weighted by molar-refractivity contribution is 0.0742. The minimum atomic E-state index is -0.925. The first-order chi connectivity index (χ1) is 12.5. The van der Waals surface area contributed by atoms with Gasteiger partial charge in [0.15, 0.2) is 11.6 Å². The minimum Gasteiger partial charge on any atom is -0.335 e. The van der Waals surface area contributed by atoms with Crippen molar-refractivity contribution in [2.75, 3.05) is 7.05 Å². The highest BCUT2D eigenvalue weighted by Crippen LogP contribution is 2.22. The molecule has 0 fully saturated rings. The van der Waals surface area contributed by atoms with Crippen LogP contribution >= 0.6 is 0 Å². The Morgan fingerprint density at radius 1 is 1.15 bits per heavy atom. The van der Waals surface area contributed by atoms with Crippen molar-refractivity contribution in [3.05, 3.63) is 89.2 Å². The summed E-state index contributed by atoms with van der Waals surface area (Å²) in [6, 6.07) is 13.1. The Kier molecular flexibility index (Phi) is 5.11. The zero-order chi connectivity index (χ0) is 18.7. The van der Waals surface area contributed by atoms with Gasteiger partial charge in [-0.3, -0.25) is 9.48 Å².